The van der Waals surface area contributed by atoms with E-state index in [1.54, 1.807) is 19.5 Å². The molecule has 0 aromatic carbocycles. The summed E-state index contributed by atoms with van der Waals surface area (Å²) in [4.78, 5) is 8.39. The van der Waals surface area contributed by atoms with Gasteiger partial charge in [0.1, 0.15) is 5.69 Å². The summed E-state index contributed by atoms with van der Waals surface area (Å²) in [7, 11) is 1.61. The van der Waals surface area contributed by atoms with E-state index in [4.69, 9.17) is 10.5 Å². The van der Waals surface area contributed by atoms with Gasteiger partial charge in [-0.25, -0.2) is 4.98 Å². The fourth-order valence-electron chi connectivity index (χ4n) is 2.29. The highest BCUT2D eigenvalue weighted by Gasteiger charge is 2.21. The van der Waals surface area contributed by atoms with Crippen LogP contribution >= 0.6 is 0 Å². The highest BCUT2D eigenvalue weighted by Crippen LogP contribution is 2.18. The summed E-state index contributed by atoms with van der Waals surface area (Å²) < 4.78 is 5.17. The first kappa shape index (κ1) is 12.3. The lowest BCUT2D eigenvalue weighted by Gasteiger charge is -2.29. The summed E-state index contributed by atoms with van der Waals surface area (Å²) in [5.41, 5.74) is 6.92. The minimum absolute atomic E-state index is 0.256. The monoisotopic (exact) mass is 236 g/mol. The molecule has 1 aromatic rings. The summed E-state index contributed by atoms with van der Waals surface area (Å²) >= 11 is 0. The lowest BCUT2D eigenvalue weighted by molar-refractivity contribution is 0.321. The topological polar surface area (TPSA) is 73.1 Å². The van der Waals surface area contributed by atoms with Crippen molar-refractivity contribution in [2.24, 2.45) is 5.73 Å². The third-order valence-corrected chi connectivity index (χ3v) is 3.28. The van der Waals surface area contributed by atoms with Gasteiger partial charge in [-0.05, 0) is 12.8 Å². The minimum Gasteiger partial charge on any atom is -0.480 e. The van der Waals surface area contributed by atoms with Gasteiger partial charge in [-0.2, -0.15) is 0 Å². The number of nitrogens with zero attached hydrogens (tertiary/aromatic N) is 2. The van der Waals surface area contributed by atoms with Gasteiger partial charge < -0.3 is 15.8 Å². The molecule has 2 rings (SSSR count). The zero-order chi connectivity index (χ0) is 12.1. The number of methoxy groups -OCH3 is 1. The van der Waals surface area contributed by atoms with Gasteiger partial charge in [-0.1, -0.05) is 12.8 Å². The molecule has 1 aromatic heterocycles. The molecule has 2 atom stereocenters. The van der Waals surface area contributed by atoms with Crippen LogP contribution in [0.15, 0.2) is 12.4 Å². The summed E-state index contributed by atoms with van der Waals surface area (Å²) in [5, 5.41) is 3.45. The number of rotatable bonds is 4. The van der Waals surface area contributed by atoms with E-state index >= 15 is 0 Å². The van der Waals surface area contributed by atoms with E-state index in [0.717, 1.165) is 18.5 Å². The van der Waals surface area contributed by atoms with E-state index < -0.39 is 0 Å². The van der Waals surface area contributed by atoms with Crippen LogP contribution in [0.4, 0.5) is 0 Å². The van der Waals surface area contributed by atoms with Crippen molar-refractivity contribution in [1.29, 1.82) is 0 Å². The van der Waals surface area contributed by atoms with E-state index in [0.29, 0.717) is 18.5 Å². The van der Waals surface area contributed by atoms with Crippen molar-refractivity contribution >= 4 is 0 Å². The zero-order valence-corrected chi connectivity index (χ0v) is 10.2. The van der Waals surface area contributed by atoms with Crippen molar-refractivity contribution in [2.45, 2.75) is 44.3 Å². The van der Waals surface area contributed by atoms with Crippen LogP contribution in [0.1, 0.15) is 31.4 Å². The van der Waals surface area contributed by atoms with E-state index in [-0.39, 0.29) is 6.04 Å². The fourth-order valence-corrected chi connectivity index (χ4v) is 2.29. The van der Waals surface area contributed by atoms with Gasteiger partial charge in [0, 0.05) is 31.0 Å². The molecule has 1 saturated carbocycles. The second-order valence-corrected chi connectivity index (χ2v) is 4.45. The maximum atomic E-state index is 6.08. The lowest BCUT2D eigenvalue weighted by Crippen LogP contribution is -2.46. The number of ether oxygens (including phenoxy) is 1. The van der Waals surface area contributed by atoms with Crippen molar-refractivity contribution < 1.29 is 4.74 Å². The molecule has 5 nitrogen and oxygen atoms in total. The number of nitrogens with one attached hydrogen (secondary N) is 1. The van der Waals surface area contributed by atoms with E-state index in [1.165, 1.54) is 12.8 Å². The number of aromatic nitrogens is 2. The average molecular weight is 236 g/mol. The Hall–Kier alpha value is -1.20. The van der Waals surface area contributed by atoms with E-state index in [9.17, 15) is 0 Å². The van der Waals surface area contributed by atoms with Crippen LogP contribution < -0.4 is 15.8 Å². The van der Waals surface area contributed by atoms with Crippen LogP contribution in [-0.4, -0.2) is 29.2 Å². The first-order valence-corrected chi connectivity index (χ1v) is 6.14. The van der Waals surface area contributed by atoms with Gasteiger partial charge in [0.25, 0.3) is 0 Å². The molecule has 5 heteroatoms. The Morgan fingerprint density at radius 3 is 2.88 bits per heavy atom. The van der Waals surface area contributed by atoms with Crippen LogP contribution in [0, 0.1) is 0 Å². The molecule has 1 aliphatic carbocycles. The molecule has 1 fully saturated rings. The summed E-state index contributed by atoms with van der Waals surface area (Å²) in [6, 6.07) is 0.641. The lowest BCUT2D eigenvalue weighted by atomic mass is 9.91. The Balaban J connectivity index is 1.92. The molecule has 0 saturated heterocycles. The van der Waals surface area contributed by atoms with Crippen LogP contribution in [0.3, 0.4) is 0 Å². The SMILES string of the molecule is COc1nccnc1CN[C@@H]1CCCC[C@@H]1N. The van der Waals surface area contributed by atoms with Crippen molar-refractivity contribution in [3.63, 3.8) is 0 Å². The second kappa shape index (κ2) is 5.93. The largest absolute Gasteiger partial charge is 0.480 e. The molecule has 0 amide bonds. The molecule has 0 aliphatic heterocycles. The van der Waals surface area contributed by atoms with Gasteiger partial charge in [0.2, 0.25) is 5.88 Å². The second-order valence-electron chi connectivity index (χ2n) is 4.45. The molecule has 1 aliphatic rings. The maximum absolute atomic E-state index is 6.08. The standard InChI is InChI=1S/C12H20N4O/c1-17-12-11(14-6-7-15-12)8-16-10-5-3-2-4-9(10)13/h6-7,9-10,16H,2-5,8,13H2,1H3/t9-,10+/m0/s1. The Morgan fingerprint density at radius 1 is 1.35 bits per heavy atom. The van der Waals surface area contributed by atoms with E-state index in [1.807, 2.05) is 0 Å². The Bertz CT molecular complexity index is 358. The maximum Gasteiger partial charge on any atom is 0.236 e. The molecular formula is C12H20N4O. The Kier molecular flexibility index (Phi) is 4.28. The summed E-state index contributed by atoms with van der Waals surface area (Å²) in [5.74, 6) is 0.587. The Labute approximate surface area is 102 Å². The molecule has 0 spiro atoms. The van der Waals surface area contributed by atoms with Crippen LogP contribution in [0.25, 0.3) is 0 Å². The van der Waals surface area contributed by atoms with Crippen LogP contribution in [0.5, 0.6) is 5.88 Å². The molecule has 0 bridgehead atoms. The number of hydrogen-bond donors (Lipinski definition) is 2. The molecule has 0 radical (unpaired) electrons. The van der Waals surface area contributed by atoms with E-state index in [2.05, 4.69) is 15.3 Å². The third-order valence-electron chi connectivity index (χ3n) is 3.28. The predicted octanol–water partition coefficient (Wildman–Crippen LogP) is 0.845. The quantitative estimate of drug-likeness (QED) is 0.810. The van der Waals surface area contributed by atoms with Crippen LogP contribution in [0.2, 0.25) is 0 Å². The predicted molar refractivity (Wildman–Crippen MR) is 65.7 cm³/mol. The van der Waals surface area contributed by atoms with Gasteiger partial charge in [0.15, 0.2) is 0 Å². The fraction of sp³-hybridized carbons (Fsp3) is 0.667. The Morgan fingerprint density at radius 2 is 2.12 bits per heavy atom. The van der Waals surface area contributed by atoms with Crippen molar-refractivity contribution in [3.05, 3.63) is 18.1 Å². The van der Waals surface area contributed by atoms with Crippen molar-refractivity contribution in [1.82, 2.24) is 15.3 Å². The number of hydrogen-bond acceptors (Lipinski definition) is 5. The smallest absolute Gasteiger partial charge is 0.236 e. The highest BCUT2D eigenvalue weighted by atomic mass is 16.5. The normalized spacial score (nSPS) is 24.6. The average Bonchev–Trinajstić information content (AvgIpc) is 2.38. The third kappa shape index (κ3) is 3.14. The van der Waals surface area contributed by atoms with Crippen LogP contribution in [-0.2, 0) is 6.54 Å². The summed E-state index contributed by atoms with van der Waals surface area (Å²) in [6.45, 7) is 0.662. The molecule has 0 unspecified atom stereocenters. The van der Waals surface area contributed by atoms with Crippen molar-refractivity contribution in [3.8, 4) is 5.88 Å². The van der Waals surface area contributed by atoms with Crippen molar-refractivity contribution in [2.75, 3.05) is 7.11 Å². The zero-order valence-electron chi connectivity index (χ0n) is 10.2. The summed E-state index contributed by atoms with van der Waals surface area (Å²) in [6.07, 6.45) is 8.06. The molecule has 94 valence electrons. The molecule has 17 heavy (non-hydrogen) atoms. The highest BCUT2D eigenvalue weighted by molar-refractivity contribution is 5.16. The van der Waals surface area contributed by atoms with Gasteiger partial charge in [-0.15, -0.1) is 0 Å². The first-order chi connectivity index (χ1) is 8.31. The number of nitrogens with two attached hydrogens (primary N) is 1. The first-order valence-electron chi connectivity index (χ1n) is 6.14. The molecular weight excluding hydrogens is 216 g/mol. The molecule has 3 N–H and O–H groups in total. The molecule has 1 heterocycles. The van der Waals surface area contributed by atoms with Gasteiger partial charge in [0.05, 0.1) is 7.11 Å². The minimum atomic E-state index is 0.256. The van der Waals surface area contributed by atoms with Gasteiger partial charge in [-0.3, -0.25) is 4.98 Å². The van der Waals surface area contributed by atoms with Gasteiger partial charge >= 0.3 is 0 Å².